The normalized spacial score (nSPS) is 22.5. The molecular weight excluding hydrogens is 276 g/mol. The van der Waals surface area contributed by atoms with E-state index in [1.807, 2.05) is 4.90 Å². The molecule has 1 fully saturated rings. The van der Waals surface area contributed by atoms with Crippen molar-refractivity contribution >= 4 is 9.84 Å². The Kier molecular flexibility index (Phi) is 3.91. The van der Waals surface area contributed by atoms with Crippen molar-refractivity contribution in [1.82, 2.24) is 14.7 Å². The molecule has 8 heteroatoms. The quantitative estimate of drug-likeness (QED) is 0.830. The Morgan fingerprint density at radius 3 is 2.79 bits per heavy atom. The van der Waals surface area contributed by atoms with Gasteiger partial charge in [0.15, 0.2) is 9.84 Å². The van der Waals surface area contributed by atoms with E-state index in [4.69, 9.17) is 0 Å². The first-order chi connectivity index (χ1) is 8.78. The summed E-state index contributed by atoms with van der Waals surface area (Å²) >= 11 is 0. The lowest BCUT2D eigenvalue weighted by Gasteiger charge is -2.22. The molecule has 2 heterocycles. The lowest BCUT2D eigenvalue weighted by molar-refractivity contribution is 0.142. The Balaban J connectivity index is 2.09. The maximum Gasteiger partial charge on any atom is 0.282 e. The number of rotatable bonds is 4. The zero-order chi connectivity index (χ0) is 14.2. The predicted octanol–water partition coefficient (Wildman–Crippen LogP) is 0.977. The Bertz CT molecular complexity index is 556. The van der Waals surface area contributed by atoms with Crippen LogP contribution in [0.15, 0.2) is 6.20 Å². The third-order valence-electron chi connectivity index (χ3n) is 3.40. The van der Waals surface area contributed by atoms with Crippen LogP contribution in [0.3, 0.4) is 0 Å². The van der Waals surface area contributed by atoms with Crippen molar-refractivity contribution < 1.29 is 17.2 Å². The summed E-state index contributed by atoms with van der Waals surface area (Å²) < 4.78 is 49.8. The fourth-order valence-electron chi connectivity index (χ4n) is 2.38. The fourth-order valence-corrected chi connectivity index (χ4v) is 4.19. The molecule has 0 spiro atoms. The number of alkyl halides is 2. The van der Waals surface area contributed by atoms with Crippen LogP contribution in [-0.4, -0.2) is 47.7 Å². The molecule has 1 aromatic heterocycles. The molecule has 0 saturated carbocycles. The minimum atomic E-state index is -2.96. The van der Waals surface area contributed by atoms with Crippen LogP contribution in [0, 0.1) is 0 Å². The molecule has 0 radical (unpaired) electrons. The SMILES string of the molecule is CN(Cc1cn(C)nc1C(F)F)[C@H]1CCS(=O)(=O)C1. The average molecular weight is 293 g/mol. The van der Waals surface area contributed by atoms with Gasteiger partial charge in [-0.15, -0.1) is 0 Å². The van der Waals surface area contributed by atoms with Gasteiger partial charge < -0.3 is 0 Å². The van der Waals surface area contributed by atoms with E-state index in [9.17, 15) is 17.2 Å². The second-order valence-electron chi connectivity index (χ2n) is 4.99. The van der Waals surface area contributed by atoms with Gasteiger partial charge in [0, 0.05) is 31.4 Å². The van der Waals surface area contributed by atoms with Gasteiger partial charge in [-0.3, -0.25) is 9.58 Å². The van der Waals surface area contributed by atoms with Gasteiger partial charge >= 0.3 is 0 Å². The van der Waals surface area contributed by atoms with E-state index >= 15 is 0 Å². The maximum absolute atomic E-state index is 12.8. The molecule has 0 unspecified atom stereocenters. The minimum Gasteiger partial charge on any atom is -0.298 e. The third kappa shape index (κ3) is 3.30. The molecule has 2 rings (SSSR count). The van der Waals surface area contributed by atoms with Crippen LogP contribution in [0.1, 0.15) is 24.1 Å². The zero-order valence-electron chi connectivity index (χ0n) is 10.9. The highest BCUT2D eigenvalue weighted by Gasteiger charge is 2.31. The molecule has 0 bridgehead atoms. The first kappa shape index (κ1) is 14.4. The Labute approximate surface area is 111 Å². The molecule has 1 saturated heterocycles. The highest BCUT2D eigenvalue weighted by molar-refractivity contribution is 7.91. The number of hydrogen-bond donors (Lipinski definition) is 0. The van der Waals surface area contributed by atoms with E-state index in [0.29, 0.717) is 12.0 Å². The summed E-state index contributed by atoms with van der Waals surface area (Å²) in [7, 11) is 0.386. The first-order valence-electron chi connectivity index (χ1n) is 6.00. The second kappa shape index (κ2) is 5.16. The molecule has 0 aliphatic carbocycles. The van der Waals surface area contributed by atoms with E-state index in [2.05, 4.69) is 5.10 Å². The van der Waals surface area contributed by atoms with Gasteiger partial charge in [-0.1, -0.05) is 0 Å². The number of halogens is 2. The van der Waals surface area contributed by atoms with Crippen LogP contribution in [0.25, 0.3) is 0 Å². The summed E-state index contributed by atoms with van der Waals surface area (Å²) in [6.45, 7) is 0.285. The Morgan fingerprint density at radius 1 is 1.58 bits per heavy atom. The van der Waals surface area contributed by atoms with Crippen molar-refractivity contribution in [3.63, 3.8) is 0 Å². The van der Waals surface area contributed by atoms with Gasteiger partial charge in [0.25, 0.3) is 6.43 Å². The van der Waals surface area contributed by atoms with E-state index in [1.165, 1.54) is 4.68 Å². The number of aromatic nitrogens is 2. The summed E-state index contributed by atoms with van der Waals surface area (Å²) in [5, 5.41) is 3.74. The minimum absolute atomic E-state index is 0.101. The van der Waals surface area contributed by atoms with E-state index < -0.39 is 16.3 Å². The number of hydrogen-bond acceptors (Lipinski definition) is 4. The van der Waals surface area contributed by atoms with Crippen molar-refractivity contribution in [2.45, 2.75) is 25.4 Å². The lowest BCUT2D eigenvalue weighted by Crippen LogP contribution is -2.32. The summed E-state index contributed by atoms with van der Waals surface area (Å²) in [5.74, 6) is 0.282. The lowest BCUT2D eigenvalue weighted by atomic mass is 10.2. The highest BCUT2D eigenvalue weighted by Crippen LogP contribution is 2.24. The van der Waals surface area contributed by atoms with Crippen LogP contribution >= 0.6 is 0 Å². The molecule has 1 aliphatic rings. The van der Waals surface area contributed by atoms with Crippen molar-refractivity contribution in [3.8, 4) is 0 Å². The Morgan fingerprint density at radius 2 is 2.26 bits per heavy atom. The zero-order valence-corrected chi connectivity index (χ0v) is 11.7. The largest absolute Gasteiger partial charge is 0.298 e. The van der Waals surface area contributed by atoms with Crippen molar-refractivity contribution in [2.24, 2.45) is 7.05 Å². The standard InChI is InChI=1S/C11H17F2N3O2S/c1-15(9-3-4-19(17,18)7-9)5-8-6-16(2)14-10(8)11(12)13/h6,9,11H,3-5,7H2,1-2H3/t9-/m0/s1. The molecule has 19 heavy (non-hydrogen) atoms. The van der Waals surface area contributed by atoms with Gasteiger partial charge in [0.2, 0.25) is 0 Å². The average Bonchev–Trinajstić information content (AvgIpc) is 2.81. The smallest absolute Gasteiger partial charge is 0.282 e. The molecule has 0 N–H and O–H groups in total. The van der Waals surface area contributed by atoms with Crippen LogP contribution in [0.4, 0.5) is 8.78 Å². The van der Waals surface area contributed by atoms with Crippen molar-refractivity contribution in [1.29, 1.82) is 0 Å². The van der Waals surface area contributed by atoms with E-state index in [0.717, 1.165) is 0 Å². The number of nitrogens with zero attached hydrogens (tertiary/aromatic N) is 3. The fraction of sp³-hybridized carbons (Fsp3) is 0.727. The van der Waals surface area contributed by atoms with Crippen molar-refractivity contribution in [3.05, 3.63) is 17.5 Å². The topological polar surface area (TPSA) is 55.2 Å². The Hall–Kier alpha value is -1.02. The second-order valence-corrected chi connectivity index (χ2v) is 7.21. The van der Waals surface area contributed by atoms with Gasteiger partial charge in [0.05, 0.1) is 11.5 Å². The molecule has 1 aliphatic heterocycles. The van der Waals surface area contributed by atoms with Crippen LogP contribution in [0.5, 0.6) is 0 Å². The van der Waals surface area contributed by atoms with Gasteiger partial charge in [0.1, 0.15) is 5.69 Å². The van der Waals surface area contributed by atoms with Crippen LogP contribution in [0.2, 0.25) is 0 Å². The molecule has 108 valence electrons. The van der Waals surface area contributed by atoms with Gasteiger partial charge in [-0.2, -0.15) is 5.10 Å². The van der Waals surface area contributed by atoms with E-state index in [1.54, 1.807) is 20.3 Å². The third-order valence-corrected chi connectivity index (χ3v) is 5.15. The van der Waals surface area contributed by atoms with Gasteiger partial charge in [-0.25, -0.2) is 17.2 Å². The number of sulfone groups is 1. The summed E-state index contributed by atoms with van der Waals surface area (Å²) in [6.07, 6.45) is -0.498. The summed E-state index contributed by atoms with van der Waals surface area (Å²) in [5.41, 5.74) is 0.222. The van der Waals surface area contributed by atoms with Crippen LogP contribution < -0.4 is 0 Å². The first-order valence-corrected chi connectivity index (χ1v) is 7.82. The number of aryl methyl sites for hydroxylation is 1. The monoisotopic (exact) mass is 293 g/mol. The summed E-state index contributed by atoms with van der Waals surface area (Å²) in [6, 6.07) is -0.101. The molecule has 0 aromatic carbocycles. The molecule has 1 aromatic rings. The van der Waals surface area contributed by atoms with Gasteiger partial charge in [-0.05, 0) is 13.5 Å². The molecule has 0 amide bonds. The molecular formula is C11H17F2N3O2S. The summed E-state index contributed by atoms with van der Waals surface area (Å²) in [4.78, 5) is 1.81. The molecule has 5 nitrogen and oxygen atoms in total. The predicted molar refractivity (Wildman–Crippen MR) is 66.7 cm³/mol. The molecule has 1 atom stereocenters. The maximum atomic E-state index is 12.8. The van der Waals surface area contributed by atoms with Crippen molar-refractivity contribution in [2.75, 3.05) is 18.6 Å². The van der Waals surface area contributed by atoms with E-state index in [-0.39, 0.29) is 29.8 Å². The highest BCUT2D eigenvalue weighted by atomic mass is 32.2. The van der Waals surface area contributed by atoms with Crippen LogP contribution in [-0.2, 0) is 23.4 Å².